The topological polar surface area (TPSA) is 72.2 Å². The average molecular weight is 409 g/mol. The molecule has 0 aliphatic carbocycles. The van der Waals surface area contributed by atoms with Gasteiger partial charge < -0.3 is 5.11 Å². The van der Waals surface area contributed by atoms with Crippen LogP contribution < -0.4 is 5.43 Å². The minimum absolute atomic E-state index is 0. The molecule has 5 nitrogen and oxygen atoms in total. The molecule has 0 unspecified atom stereocenters. The van der Waals surface area contributed by atoms with Crippen LogP contribution in [0.3, 0.4) is 0 Å². The van der Waals surface area contributed by atoms with Gasteiger partial charge in [-0.1, -0.05) is 11.6 Å². The number of aromatic nitrogens is 2. The molecule has 0 atom stereocenters. The van der Waals surface area contributed by atoms with Crippen LogP contribution in [-0.2, 0) is 0 Å². The third-order valence-electron chi connectivity index (χ3n) is 3.34. The van der Waals surface area contributed by atoms with Gasteiger partial charge in [-0.05, 0) is 6.07 Å². The molecule has 26 heavy (non-hydrogen) atoms. The molecule has 2 aromatic heterocycles. The summed E-state index contributed by atoms with van der Waals surface area (Å²) in [6, 6.07) is 1.32. The van der Waals surface area contributed by atoms with Crippen LogP contribution in [0.4, 0.5) is 17.6 Å². The van der Waals surface area contributed by atoms with Crippen molar-refractivity contribution < 1.29 is 27.5 Å². The van der Waals surface area contributed by atoms with Crippen molar-refractivity contribution in [3.8, 4) is 5.69 Å². The molecule has 2 heterocycles. The van der Waals surface area contributed by atoms with Crippen LogP contribution in [0.1, 0.15) is 10.4 Å². The maximum Gasteiger partial charge on any atom is 0.341 e. The Morgan fingerprint density at radius 2 is 1.65 bits per heavy atom. The van der Waals surface area contributed by atoms with Gasteiger partial charge in [-0.15, -0.1) is 12.4 Å². The third kappa shape index (κ3) is 3.11. The molecular weight excluding hydrogens is 403 g/mol. The highest BCUT2D eigenvalue weighted by atomic mass is 35.5. The first-order valence-corrected chi connectivity index (χ1v) is 6.88. The third-order valence-corrected chi connectivity index (χ3v) is 3.61. The average Bonchev–Trinajstić information content (AvgIpc) is 2.50. The minimum Gasteiger partial charge on any atom is -0.477 e. The van der Waals surface area contributed by atoms with Crippen molar-refractivity contribution in [1.82, 2.24) is 9.55 Å². The molecule has 3 rings (SSSR count). The summed E-state index contributed by atoms with van der Waals surface area (Å²) in [4.78, 5) is 26.9. The van der Waals surface area contributed by atoms with E-state index in [0.29, 0.717) is 29.0 Å². The van der Waals surface area contributed by atoms with E-state index in [1.54, 1.807) is 0 Å². The molecule has 0 amide bonds. The van der Waals surface area contributed by atoms with Crippen LogP contribution >= 0.6 is 24.0 Å². The largest absolute Gasteiger partial charge is 0.477 e. The second-order valence-electron chi connectivity index (χ2n) is 4.90. The molecule has 3 aromatic rings. The van der Waals surface area contributed by atoms with Gasteiger partial charge in [-0.3, -0.25) is 9.36 Å². The predicted molar refractivity (Wildman–Crippen MR) is 86.4 cm³/mol. The van der Waals surface area contributed by atoms with Crippen molar-refractivity contribution >= 4 is 41.0 Å². The van der Waals surface area contributed by atoms with Gasteiger partial charge in [0.25, 0.3) is 0 Å². The summed E-state index contributed by atoms with van der Waals surface area (Å²) in [7, 11) is 0. The second kappa shape index (κ2) is 6.93. The number of carboxylic acids is 1. The van der Waals surface area contributed by atoms with Gasteiger partial charge in [-0.25, -0.2) is 27.3 Å². The van der Waals surface area contributed by atoms with Gasteiger partial charge in [-0.2, -0.15) is 0 Å². The second-order valence-corrected chi connectivity index (χ2v) is 5.26. The number of fused-ring (bicyclic) bond motifs is 1. The lowest BCUT2D eigenvalue weighted by atomic mass is 10.1. The van der Waals surface area contributed by atoms with Crippen molar-refractivity contribution in [2.75, 3.05) is 0 Å². The van der Waals surface area contributed by atoms with Crippen molar-refractivity contribution in [3.63, 3.8) is 0 Å². The Morgan fingerprint density at radius 3 is 2.19 bits per heavy atom. The van der Waals surface area contributed by atoms with Gasteiger partial charge >= 0.3 is 5.97 Å². The Morgan fingerprint density at radius 1 is 1.08 bits per heavy atom. The smallest absolute Gasteiger partial charge is 0.341 e. The molecule has 0 saturated carbocycles. The van der Waals surface area contributed by atoms with E-state index in [4.69, 9.17) is 16.7 Å². The number of nitrogens with zero attached hydrogens (tertiary/aromatic N) is 2. The summed E-state index contributed by atoms with van der Waals surface area (Å²) in [5, 5.41) is 7.83. The van der Waals surface area contributed by atoms with E-state index in [-0.39, 0.29) is 12.4 Å². The van der Waals surface area contributed by atoms with Gasteiger partial charge in [0.15, 0.2) is 28.3 Å². The molecule has 11 heteroatoms. The van der Waals surface area contributed by atoms with E-state index in [0.717, 1.165) is 0 Å². The molecule has 0 radical (unpaired) electrons. The van der Waals surface area contributed by atoms with E-state index >= 15 is 0 Å². The molecule has 0 fully saturated rings. The zero-order valence-electron chi connectivity index (χ0n) is 12.3. The van der Waals surface area contributed by atoms with Gasteiger partial charge in [0.2, 0.25) is 5.43 Å². The quantitative estimate of drug-likeness (QED) is 0.518. The van der Waals surface area contributed by atoms with Crippen molar-refractivity contribution in [2.24, 2.45) is 0 Å². The number of hydrogen-bond acceptors (Lipinski definition) is 3. The first-order valence-electron chi connectivity index (χ1n) is 6.50. The number of carbonyl (C=O) groups is 1. The van der Waals surface area contributed by atoms with Gasteiger partial charge in [0, 0.05) is 18.3 Å². The standard InChI is InChI=1S/C15H5ClF4N2O3.ClH/c16-13-10(20)3-6-12(23)7(15(24)25)4-22(14(6)21-13)11-8(18)1-5(17)2-9(11)19;/h1-4H,(H,24,25);1H. The molecule has 1 N–H and O–H groups in total. The first-order chi connectivity index (χ1) is 11.7. The molecule has 136 valence electrons. The lowest BCUT2D eigenvalue weighted by Crippen LogP contribution is -2.20. The molecule has 0 saturated heterocycles. The number of pyridine rings is 2. The summed E-state index contributed by atoms with van der Waals surface area (Å²) in [6.45, 7) is 0. The fraction of sp³-hybridized carbons (Fsp3) is 0. The van der Waals surface area contributed by atoms with Crippen LogP contribution in [-0.4, -0.2) is 20.6 Å². The molecule has 0 aliphatic rings. The molecular formula is C15H6Cl2F4N2O3. The number of rotatable bonds is 2. The van der Waals surface area contributed by atoms with Crippen LogP contribution in [0, 0.1) is 23.3 Å². The summed E-state index contributed by atoms with van der Waals surface area (Å²) in [5.41, 5.74) is -3.40. The monoisotopic (exact) mass is 408 g/mol. The van der Waals surface area contributed by atoms with Crippen molar-refractivity contribution in [3.05, 3.63) is 68.6 Å². The zero-order chi connectivity index (χ0) is 18.5. The maximum absolute atomic E-state index is 14.1. The fourth-order valence-corrected chi connectivity index (χ4v) is 2.42. The summed E-state index contributed by atoms with van der Waals surface area (Å²) in [6.07, 6.45) is 0.605. The Kier molecular flexibility index (Phi) is 5.24. The lowest BCUT2D eigenvalue weighted by molar-refractivity contribution is 0.0695. The van der Waals surface area contributed by atoms with Crippen LogP contribution in [0.15, 0.2) is 29.2 Å². The molecule has 1 aromatic carbocycles. The van der Waals surface area contributed by atoms with Crippen LogP contribution in [0.5, 0.6) is 0 Å². The Balaban J connectivity index is 0.00000243. The van der Waals surface area contributed by atoms with E-state index in [1.165, 1.54) is 0 Å². The van der Waals surface area contributed by atoms with Crippen molar-refractivity contribution in [2.45, 2.75) is 0 Å². The molecule has 0 spiro atoms. The number of benzene rings is 1. The van der Waals surface area contributed by atoms with E-state index in [9.17, 15) is 27.2 Å². The summed E-state index contributed by atoms with van der Waals surface area (Å²) >= 11 is 5.54. The highest BCUT2D eigenvalue weighted by Crippen LogP contribution is 2.25. The van der Waals surface area contributed by atoms with E-state index < -0.39 is 62.1 Å². The Labute approximate surface area is 152 Å². The SMILES string of the molecule is Cl.O=C(O)c1cn(-c2c(F)cc(F)cc2F)c2nc(Cl)c(F)cc2c1=O. The minimum atomic E-state index is -1.71. The normalized spacial score (nSPS) is 10.7. The summed E-state index contributed by atoms with van der Waals surface area (Å²) in [5.74, 6) is -6.82. The summed E-state index contributed by atoms with van der Waals surface area (Å²) < 4.78 is 55.4. The number of carboxylic acid groups (broad SMARTS) is 1. The van der Waals surface area contributed by atoms with Gasteiger partial charge in [0.1, 0.15) is 17.1 Å². The first kappa shape index (κ1) is 19.7. The Bertz CT molecular complexity index is 1100. The highest BCUT2D eigenvalue weighted by Gasteiger charge is 2.22. The van der Waals surface area contributed by atoms with Gasteiger partial charge in [0.05, 0.1) is 5.39 Å². The fourth-order valence-electron chi connectivity index (χ4n) is 2.29. The number of hydrogen-bond donors (Lipinski definition) is 1. The maximum atomic E-state index is 14.1. The Hall–Kier alpha value is -2.65. The lowest BCUT2D eigenvalue weighted by Gasteiger charge is -2.13. The number of aromatic carboxylic acids is 1. The highest BCUT2D eigenvalue weighted by molar-refractivity contribution is 6.29. The molecule has 0 aliphatic heterocycles. The predicted octanol–water partition coefficient (Wildman–Crippen LogP) is 3.72. The van der Waals surface area contributed by atoms with E-state index in [2.05, 4.69) is 4.98 Å². The van der Waals surface area contributed by atoms with E-state index in [1.807, 2.05) is 0 Å². The van der Waals surface area contributed by atoms with Crippen molar-refractivity contribution in [1.29, 1.82) is 0 Å². The molecule has 0 bridgehead atoms. The zero-order valence-corrected chi connectivity index (χ0v) is 13.8. The van der Waals surface area contributed by atoms with Crippen LogP contribution in [0.25, 0.3) is 16.7 Å². The van der Waals surface area contributed by atoms with Crippen LogP contribution in [0.2, 0.25) is 5.15 Å². The number of halogens is 6.